The van der Waals surface area contributed by atoms with Crippen molar-refractivity contribution in [3.63, 3.8) is 0 Å². The molecule has 1 N–H and O–H groups in total. The molecule has 17 heavy (non-hydrogen) atoms. The summed E-state index contributed by atoms with van der Waals surface area (Å²) in [5.41, 5.74) is 1.39. The van der Waals surface area contributed by atoms with Gasteiger partial charge in [0.15, 0.2) is 0 Å². The van der Waals surface area contributed by atoms with Gasteiger partial charge >= 0.3 is 0 Å². The second-order valence-corrected chi connectivity index (χ2v) is 5.61. The predicted molar refractivity (Wildman–Crippen MR) is 74.6 cm³/mol. The molecule has 1 saturated carbocycles. The van der Waals surface area contributed by atoms with Gasteiger partial charge in [0, 0.05) is 6.04 Å². The van der Waals surface area contributed by atoms with Gasteiger partial charge in [-0.25, -0.2) is 0 Å². The van der Waals surface area contributed by atoms with E-state index in [0.29, 0.717) is 6.04 Å². The molecular weight excluding hydrogens is 278 g/mol. The summed E-state index contributed by atoms with van der Waals surface area (Å²) in [6.45, 7) is 0. The summed E-state index contributed by atoms with van der Waals surface area (Å²) in [6.07, 6.45) is 5.18. The van der Waals surface area contributed by atoms with Crippen molar-refractivity contribution < 1.29 is 4.74 Å². The van der Waals surface area contributed by atoms with Crippen molar-refractivity contribution in [1.82, 2.24) is 5.32 Å². The second-order valence-electron chi connectivity index (χ2n) is 4.76. The topological polar surface area (TPSA) is 21.3 Å². The zero-order chi connectivity index (χ0) is 12.3. The third kappa shape index (κ3) is 3.02. The van der Waals surface area contributed by atoms with Crippen LogP contribution in [0.25, 0.3) is 0 Å². The van der Waals surface area contributed by atoms with E-state index in [0.717, 1.165) is 22.6 Å². The number of ether oxygens (including phenoxy) is 1. The Balaban J connectivity index is 2.05. The number of nitrogens with one attached hydrogen (secondary N) is 1. The summed E-state index contributed by atoms with van der Waals surface area (Å²) in [5.74, 6) is 1.69. The highest BCUT2D eigenvalue weighted by molar-refractivity contribution is 9.10. The largest absolute Gasteiger partial charge is 0.496 e. The van der Waals surface area contributed by atoms with Gasteiger partial charge in [0.25, 0.3) is 0 Å². The molecule has 2 atom stereocenters. The van der Waals surface area contributed by atoms with Crippen molar-refractivity contribution in [1.29, 1.82) is 0 Å². The van der Waals surface area contributed by atoms with Crippen LogP contribution in [0.2, 0.25) is 0 Å². The molecule has 1 aliphatic rings. The molecule has 1 aliphatic carbocycles. The fourth-order valence-electron chi connectivity index (χ4n) is 2.80. The number of hydrogen-bond donors (Lipinski definition) is 1. The fraction of sp³-hybridized carbons (Fsp3) is 0.571. The maximum absolute atomic E-state index is 5.25. The molecule has 0 bridgehead atoms. The Morgan fingerprint density at radius 2 is 2.24 bits per heavy atom. The predicted octanol–water partition coefficient (Wildman–Crippen LogP) is 3.39. The van der Waals surface area contributed by atoms with Gasteiger partial charge in [-0.2, -0.15) is 0 Å². The average molecular weight is 298 g/mol. The first-order valence-corrected chi connectivity index (χ1v) is 7.03. The van der Waals surface area contributed by atoms with Crippen molar-refractivity contribution >= 4 is 15.9 Å². The van der Waals surface area contributed by atoms with E-state index in [9.17, 15) is 0 Å². The molecule has 2 nitrogen and oxygen atoms in total. The SMILES string of the molecule is CNC1CCCC1Cc1ccc(OC)c(Br)c1. The van der Waals surface area contributed by atoms with Crippen LogP contribution in [0.4, 0.5) is 0 Å². The third-order valence-corrected chi connectivity index (χ3v) is 4.36. The summed E-state index contributed by atoms with van der Waals surface area (Å²) < 4.78 is 6.31. The lowest BCUT2D eigenvalue weighted by Gasteiger charge is -2.19. The maximum atomic E-state index is 5.25. The van der Waals surface area contributed by atoms with Gasteiger partial charge in [-0.1, -0.05) is 12.5 Å². The number of hydrogen-bond acceptors (Lipinski definition) is 2. The van der Waals surface area contributed by atoms with Crippen LogP contribution in [-0.4, -0.2) is 20.2 Å². The molecule has 0 heterocycles. The van der Waals surface area contributed by atoms with Gasteiger partial charge in [-0.05, 0) is 65.9 Å². The van der Waals surface area contributed by atoms with E-state index in [2.05, 4.69) is 40.4 Å². The second kappa shape index (κ2) is 5.87. The zero-order valence-electron chi connectivity index (χ0n) is 10.5. The molecule has 2 unspecified atom stereocenters. The van der Waals surface area contributed by atoms with Crippen molar-refractivity contribution in [2.75, 3.05) is 14.2 Å². The molecular formula is C14H20BrNO. The Bertz CT molecular complexity index is 380. The Hall–Kier alpha value is -0.540. The number of benzene rings is 1. The van der Waals surface area contributed by atoms with E-state index in [-0.39, 0.29) is 0 Å². The fourth-order valence-corrected chi connectivity index (χ4v) is 3.39. The zero-order valence-corrected chi connectivity index (χ0v) is 12.1. The molecule has 0 amide bonds. The van der Waals surface area contributed by atoms with Gasteiger partial charge in [0.05, 0.1) is 11.6 Å². The maximum Gasteiger partial charge on any atom is 0.133 e. The van der Waals surface area contributed by atoms with Gasteiger partial charge in [-0.15, -0.1) is 0 Å². The van der Waals surface area contributed by atoms with Gasteiger partial charge in [0.1, 0.15) is 5.75 Å². The van der Waals surface area contributed by atoms with Gasteiger partial charge in [0.2, 0.25) is 0 Å². The Morgan fingerprint density at radius 1 is 1.41 bits per heavy atom. The summed E-state index contributed by atoms with van der Waals surface area (Å²) in [7, 11) is 3.78. The van der Waals surface area contributed by atoms with Crippen molar-refractivity contribution in [3.8, 4) is 5.75 Å². The minimum atomic E-state index is 0.691. The van der Waals surface area contributed by atoms with E-state index in [4.69, 9.17) is 4.74 Å². The van der Waals surface area contributed by atoms with E-state index in [1.54, 1.807) is 7.11 Å². The third-order valence-electron chi connectivity index (χ3n) is 3.74. The molecule has 0 saturated heterocycles. The quantitative estimate of drug-likeness (QED) is 0.920. The van der Waals surface area contributed by atoms with Crippen LogP contribution >= 0.6 is 15.9 Å². The number of halogens is 1. The normalized spacial score (nSPS) is 23.9. The highest BCUT2D eigenvalue weighted by Crippen LogP contribution is 2.31. The van der Waals surface area contributed by atoms with E-state index in [1.165, 1.54) is 24.8 Å². The summed E-state index contributed by atoms with van der Waals surface area (Å²) in [4.78, 5) is 0. The van der Waals surface area contributed by atoms with Crippen molar-refractivity contribution in [2.24, 2.45) is 5.92 Å². The first-order valence-electron chi connectivity index (χ1n) is 6.24. The monoisotopic (exact) mass is 297 g/mol. The molecule has 1 aromatic rings. The molecule has 2 rings (SSSR count). The van der Waals surface area contributed by atoms with Crippen LogP contribution < -0.4 is 10.1 Å². The first-order chi connectivity index (χ1) is 8.24. The molecule has 1 fully saturated rings. The minimum absolute atomic E-state index is 0.691. The number of methoxy groups -OCH3 is 1. The Labute approximate surface area is 112 Å². The molecule has 3 heteroatoms. The van der Waals surface area contributed by atoms with Crippen LogP contribution in [0.3, 0.4) is 0 Å². The summed E-state index contributed by atoms with van der Waals surface area (Å²) in [5, 5.41) is 3.43. The van der Waals surface area contributed by atoms with Crippen LogP contribution in [0.5, 0.6) is 5.75 Å². The van der Waals surface area contributed by atoms with Crippen molar-refractivity contribution in [2.45, 2.75) is 31.7 Å². The lowest BCUT2D eigenvalue weighted by molar-refractivity contribution is 0.410. The van der Waals surface area contributed by atoms with Gasteiger partial charge in [-0.3, -0.25) is 0 Å². The highest BCUT2D eigenvalue weighted by Gasteiger charge is 2.25. The van der Waals surface area contributed by atoms with Gasteiger partial charge < -0.3 is 10.1 Å². The first kappa shape index (κ1) is 12.9. The number of rotatable bonds is 4. The lowest BCUT2D eigenvalue weighted by Crippen LogP contribution is -2.30. The van der Waals surface area contributed by atoms with Crippen LogP contribution in [0.1, 0.15) is 24.8 Å². The van der Waals surface area contributed by atoms with Crippen molar-refractivity contribution in [3.05, 3.63) is 28.2 Å². The average Bonchev–Trinajstić information content (AvgIpc) is 2.76. The Kier molecular flexibility index (Phi) is 4.46. The smallest absolute Gasteiger partial charge is 0.133 e. The molecule has 0 aromatic heterocycles. The summed E-state index contributed by atoms with van der Waals surface area (Å²) in [6, 6.07) is 7.09. The van der Waals surface area contributed by atoms with Crippen LogP contribution in [0.15, 0.2) is 22.7 Å². The van der Waals surface area contributed by atoms with E-state index in [1.807, 2.05) is 6.07 Å². The standard InChI is InChI=1S/C14H20BrNO/c1-16-13-5-3-4-11(13)8-10-6-7-14(17-2)12(15)9-10/h6-7,9,11,13,16H,3-5,8H2,1-2H3. The highest BCUT2D eigenvalue weighted by atomic mass is 79.9. The molecule has 0 radical (unpaired) electrons. The molecule has 94 valence electrons. The molecule has 0 spiro atoms. The van der Waals surface area contributed by atoms with Crippen LogP contribution in [-0.2, 0) is 6.42 Å². The molecule has 0 aliphatic heterocycles. The van der Waals surface area contributed by atoms with E-state index < -0.39 is 0 Å². The lowest BCUT2D eigenvalue weighted by atomic mass is 9.95. The van der Waals surface area contributed by atoms with Crippen LogP contribution in [0, 0.1) is 5.92 Å². The summed E-state index contributed by atoms with van der Waals surface area (Å²) >= 11 is 3.55. The van der Waals surface area contributed by atoms with E-state index >= 15 is 0 Å². The molecule has 1 aromatic carbocycles. The Morgan fingerprint density at radius 3 is 2.88 bits per heavy atom. The minimum Gasteiger partial charge on any atom is -0.496 e.